The van der Waals surface area contributed by atoms with Gasteiger partial charge in [-0.3, -0.25) is 4.79 Å². The van der Waals surface area contributed by atoms with Crippen LogP contribution in [0.1, 0.15) is 105 Å². The van der Waals surface area contributed by atoms with Crippen LogP contribution in [-0.2, 0) is 14.4 Å². The van der Waals surface area contributed by atoms with Crippen LogP contribution in [0.25, 0.3) is 0 Å². The van der Waals surface area contributed by atoms with Crippen LogP contribution in [0, 0.1) is 10.8 Å². The molecule has 0 saturated heterocycles. The Bertz CT molecular complexity index is 335. The van der Waals surface area contributed by atoms with Crippen molar-refractivity contribution in [2.75, 3.05) is 0 Å². The largest absolute Gasteiger partial charge is 0.303 e. The van der Waals surface area contributed by atoms with Crippen LogP contribution in [0.15, 0.2) is 0 Å². The normalized spacial score (nSPS) is 12.2. The average molecular weight is 339 g/mol. The van der Waals surface area contributed by atoms with E-state index in [1.165, 1.54) is 0 Å². The molecule has 0 saturated carbocycles. The summed E-state index contributed by atoms with van der Waals surface area (Å²) in [5, 5.41) is 0. The summed E-state index contributed by atoms with van der Waals surface area (Å²) in [7, 11) is 0. The van der Waals surface area contributed by atoms with Crippen molar-refractivity contribution in [1.29, 1.82) is 0 Å². The maximum Gasteiger partial charge on any atom is 0.132 e. The molecule has 0 spiro atoms. The van der Waals surface area contributed by atoms with Gasteiger partial charge in [-0.05, 0) is 25.7 Å². The van der Waals surface area contributed by atoms with Crippen molar-refractivity contribution < 1.29 is 14.4 Å². The summed E-state index contributed by atoms with van der Waals surface area (Å²) < 4.78 is 0. The summed E-state index contributed by atoms with van der Waals surface area (Å²) in [6, 6.07) is 0. The maximum atomic E-state index is 11.8. The molecular formula is C21H38O3. The van der Waals surface area contributed by atoms with Gasteiger partial charge in [-0.15, -0.1) is 0 Å². The minimum Gasteiger partial charge on any atom is -0.303 e. The van der Waals surface area contributed by atoms with Gasteiger partial charge in [0.05, 0.1) is 0 Å². The quantitative estimate of drug-likeness (QED) is 0.268. The van der Waals surface area contributed by atoms with Crippen LogP contribution in [0.2, 0.25) is 0 Å². The number of rotatable bonds is 16. The molecule has 0 aromatic rings. The van der Waals surface area contributed by atoms with Crippen LogP contribution in [-0.4, -0.2) is 18.4 Å². The van der Waals surface area contributed by atoms with Gasteiger partial charge in [0.1, 0.15) is 18.4 Å². The number of ketones is 1. The van der Waals surface area contributed by atoms with Crippen LogP contribution in [0.3, 0.4) is 0 Å². The maximum absolute atomic E-state index is 11.8. The van der Waals surface area contributed by atoms with Gasteiger partial charge in [-0.1, -0.05) is 66.2 Å². The lowest BCUT2D eigenvalue weighted by Crippen LogP contribution is -2.12. The molecule has 0 rings (SSSR count). The highest BCUT2D eigenvalue weighted by atomic mass is 16.1. The molecule has 3 nitrogen and oxygen atoms in total. The molecule has 0 bridgehead atoms. The van der Waals surface area contributed by atoms with Crippen molar-refractivity contribution >= 4 is 18.4 Å². The smallest absolute Gasteiger partial charge is 0.132 e. The number of hydrogen-bond acceptors (Lipinski definition) is 3. The Morgan fingerprint density at radius 2 is 0.958 bits per heavy atom. The highest BCUT2D eigenvalue weighted by Crippen LogP contribution is 2.22. The van der Waals surface area contributed by atoms with E-state index in [0.717, 1.165) is 76.8 Å². The molecule has 24 heavy (non-hydrogen) atoms. The fraction of sp³-hybridized carbons (Fsp3) is 0.857. The Hall–Kier alpha value is -0.990. The van der Waals surface area contributed by atoms with Crippen molar-refractivity contribution in [3.05, 3.63) is 0 Å². The molecule has 0 aromatic carbocycles. The molecule has 0 N–H and O–H groups in total. The molecule has 140 valence electrons. The number of carbonyl (C=O) groups is 3. The molecule has 0 aliphatic carbocycles. The van der Waals surface area contributed by atoms with E-state index in [9.17, 15) is 14.4 Å². The average Bonchev–Trinajstić information content (AvgIpc) is 2.54. The van der Waals surface area contributed by atoms with Gasteiger partial charge in [0.25, 0.3) is 0 Å². The van der Waals surface area contributed by atoms with E-state index in [1.54, 1.807) is 0 Å². The van der Waals surface area contributed by atoms with E-state index in [2.05, 4.69) is 0 Å². The lowest BCUT2D eigenvalue weighted by molar-refractivity contribution is -0.119. The van der Waals surface area contributed by atoms with Crippen LogP contribution in [0.5, 0.6) is 0 Å². The zero-order valence-electron chi connectivity index (χ0n) is 16.4. The zero-order valence-corrected chi connectivity index (χ0v) is 16.4. The number of Topliss-reactive ketones (excluding diaryl/α,β-unsaturated/α-hetero) is 1. The first-order chi connectivity index (χ1) is 11.2. The van der Waals surface area contributed by atoms with Gasteiger partial charge in [0, 0.05) is 23.7 Å². The van der Waals surface area contributed by atoms with Gasteiger partial charge in [0.15, 0.2) is 0 Å². The third-order valence-corrected chi connectivity index (χ3v) is 4.69. The molecule has 0 fully saturated rings. The minimum absolute atomic E-state index is 0.198. The predicted molar refractivity (Wildman–Crippen MR) is 100 cm³/mol. The fourth-order valence-electron chi connectivity index (χ4n) is 2.76. The van der Waals surface area contributed by atoms with Crippen LogP contribution in [0.4, 0.5) is 0 Å². The van der Waals surface area contributed by atoms with E-state index in [0.29, 0.717) is 18.6 Å². The van der Waals surface area contributed by atoms with Crippen molar-refractivity contribution in [3.63, 3.8) is 0 Å². The number of unbranched alkanes of at least 4 members (excludes halogenated alkanes) is 6. The standard InChI is InChI=1S/C21H38O3/c1-20(2,17-22)15-11-7-5-9-13-19(24)14-10-6-8-12-16-21(3,4)18-23/h17-18H,5-16H2,1-4H3. The molecule has 0 unspecified atom stereocenters. The molecule has 0 aliphatic rings. The number of carbonyl (C=O) groups excluding carboxylic acids is 3. The second kappa shape index (κ2) is 12.4. The first kappa shape index (κ1) is 23.0. The van der Waals surface area contributed by atoms with Crippen LogP contribution >= 0.6 is 0 Å². The highest BCUT2D eigenvalue weighted by Gasteiger charge is 2.16. The SMILES string of the molecule is CC(C)(C=O)CCCCCCC(=O)CCCCCCC(C)(C)C=O. The van der Waals surface area contributed by atoms with Crippen molar-refractivity contribution in [1.82, 2.24) is 0 Å². The minimum atomic E-state index is -0.198. The molecule has 0 atom stereocenters. The van der Waals surface area contributed by atoms with Gasteiger partial charge in [0.2, 0.25) is 0 Å². The van der Waals surface area contributed by atoms with Gasteiger partial charge in [-0.2, -0.15) is 0 Å². The van der Waals surface area contributed by atoms with E-state index in [1.807, 2.05) is 27.7 Å². The van der Waals surface area contributed by atoms with E-state index >= 15 is 0 Å². The Kier molecular flexibility index (Phi) is 11.9. The summed E-state index contributed by atoms with van der Waals surface area (Å²) in [5.41, 5.74) is -0.395. The van der Waals surface area contributed by atoms with Crippen LogP contribution < -0.4 is 0 Å². The monoisotopic (exact) mass is 338 g/mol. The van der Waals surface area contributed by atoms with Crippen molar-refractivity contribution in [2.24, 2.45) is 10.8 Å². The fourth-order valence-corrected chi connectivity index (χ4v) is 2.76. The third kappa shape index (κ3) is 13.4. The first-order valence-corrected chi connectivity index (χ1v) is 9.67. The van der Waals surface area contributed by atoms with E-state index < -0.39 is 0 Å². The zero-order chi connectivity index (χ0) is 18.5. The molecule has 3 heteroatoms. The number of aldehydes is 2. The van der Waals surface area contributed by atoms with Crippen molar-refractivity contribution in [3.8, 4) is 0 Å². The lowest BCUT2D eigenvalue weighted by atomic mass is 9.88. The lowest BCUT2D eigenvalue weighted by Gasteiger charge is -2.15. The second-order valence-corrected chi connectivity index (χ2v) is 8.58. The Morgan fingerprint density at radius 3 is 1.29 bits per heavy atom. The Balaban J connectivity index is 3.45. The summed E-state index contributed by atoms with van der Waals surface area (Å²) in [4.78, 5) is 33.4. The summed E-state index contributed by atoms with van der Waals surface area (Å²) >= 11 is 0. The highest BCUT2D eigenvalue weighted by molar-refractivity contribution is 5.78. The van der Waals surface area contributed by atoms with Crippen molar-refractivity contribution in [2.45, 2.75) is 105 Å². The summed E-state index contributed by atoms with van der Waals surface area (Å²) in [6.07, 6.45) is 13.8. The molecule has 0 aliphatic heterocycles. The molecule has 0 heterocycles. The first-order valence-electron chi connectivity index (χ1n) is 9.67. The number of hydrogen-bond donors (Lipinski definition) is 0. The third-order valence-electron chi connectivity index (χ3n) is 4.69. The molecule has 0 amide bonds. The van der Waals surface area contributed by atoms with E-state index in [4.69, 9.17) is 0 Å². The van der Waals surface area contributed by atoms with Gasteiger partial charge >= 0.3 is 0 Å². The topological polar surface area (TPSA) is 51.2 Å². The Labute approximate surface area is 149 Å². The molecule has 0 aromatic heterocycles. The van der Waals surface area contributed by atoms with Gasteiger partial charge < -0.3 is 9.59 Å². The molecular weight excluding hydrogens is 300 g/mol. The van der Waals surface area contributed by atoms with E-state index in [-0.39, 0.29) is 10.8 Å². The Morgan fingerprint density at radius 1 is 0.625 bits per heavy atom. The predicted octanol–water partition coefficient (Wildman–Crippen LogP) is 5.69. The molecule has 0 radical (unpaired) electrons. The van der Waals surface area contributed by atoms with Gasteiger partial charge in [-0.25, -0.2) is 0 Å². The summed E-state index contributed by atoms with van der Waals surface area (Å²) in [6.45, 7) is 7.90. The second-order valence-electron chi connectivity index (χ2n) is 8.58. The summed E-state index contributed by atoms with van der Waals surface area (Å²) in [5.74, 6) is 0.386.